The number of nitrogens with two attached hydrogens (primary N) is 1. The summed E-state index contributed by atoms with van der Waals surface area (Å²) >= 11 is 0. The van der Waals surface area contributed by atoms with Crippen molar-refractivity contribution in [1.29, 1.82) is 0 Å². The smallest absolute Gasteiger partial charge is 0.407 e. The molecule has 0 aliphatic rings. The summed E-state index contributed by atoms with van der Waals surface area (Å²) < 4.78 is 5.10. The minimum absolute atomic E-state index is 0.0212. The number of aliphatic hydroxyl groups excluding tert-OH is 1. The van der Waals surface area contributed by atoms with Crippen molar-refractivity contribution in [2.24, 2.45) is 17.1 Å². The third-order valence-electron chi connectivity index (χ3n) is 3.24. The molecule has 0 saturated heterocycles. The molecule has 0 aromatic rings. The van der Waals surface area contributed by atoms with Gasteiger partial charge in [0.05, 0.1) is 6.61 Å². The van der Waals surface area contributed by atoms with Crippen molar-refractivity contribution in [3.05, 3.63) is 12.3 Å². The number of aliphatic hydroxyl groups is 1. The van der Waals surface area contributed by atoms with Crippen molar-refractivity contribution >= 4 is 12.0 Å². The molecular formula is C15H29N3O4. The Bertz CT molecular complexity index is 418. The maximum atomic E-state index is 11.8. The number of rotatable bonds is 7. The Morgan fingerprint density at radius 3 is 2.27 bits per heavy atom. The molecule has 0 saturated carbocycles. The average molecular weight is 315 g/mol. The van der Waals surface area contributed by atoms with E-state index in [4.69, 9.17) is 10.5 Å². The Hall–Kier alpha value is -1.76. The minimum atomic E-state index is -1.14. The second-order valence-electron chi connectivity index (χ2n) is 6.75. The van der Waals surface area contributed by atoms with E-state index >= 15 is 0 Å². The van der Waals surface area contributed by atoms with Gasteiger partial charge in [-0.2, -0.15) is 0 Å². The molecule has 2 amide bonds. The fourth-order valence-corrected chi connectivity index (χ4v) is 1.87. The zero-order chi connectivity index (χ0) is 17.6. The number of ether oxygens (including phenoxy) is 1. The summed E-state index contributed by atoms with van der Waals surface area (Å²) in [6, 6.07) is 0. The quantitative estimate of drug-likeness (QED) is 0.553. The lowest BCUT2D eigenvalue weighted by molar-refractivity contribution is -0.121. The number of hydrogen-bond acceptors (Lipinski definition) is 5. The van der Waals surface area contributed by atoms with E-state index in [1.54, 1.807) is 6.92 Å². The van der Waals surface area contributed by atoms with E-state index in [1.807, 2.05) is 20.8 Å². The van der Waals surface area contributed by atoms with Crippen LogP contribution in [0.5, 0.6) is 0 Å². The molecule has 0 aliphatic heterocycles. The first-order chi connectivity index (χ1) is 9.94. The lowest BCUT2D eigenvalue weighted by Gasteiger charge is -2.39. The third-order valence-corrected chi connectivity index (χ3v) is 3.24. The van der Waals surface area contributed by atoms with E-state index in [-0.39, 0.29) is 36.8 Å². The number of carbonyl (C=O) groups excluding carboxylic acids is 2. The van der Waals surface area contributed by atoms with Crippen LogP contribution in [0.15, 0.2) is 12.3 Å². The van der Waals surface area contributed by atoms with Crippen molar-refractivity contribution in [2.45, 2.75) is 40.2 Å². The van der Waals surface area contributed by atoms with Crippen LogP contribution in [0, 0.1) is 11.3 Å². The SMILES string of the molecule is C=C(N)C(CNC(=O)OCC(C)(C)C)(NC(C)=O)C(C)CO. The molecule has 0 aromatic heterocycles. The molecule has 2 atom stereocenters. The normalized spacial score (nSPS) is 15.4. The van der Waals surface area contributed by atoms with E-state index in [0.29, 0.717) is 0 Å². The molecule has 5 N–H and O–H groups in total. The molecule has 0 bridgehead atoms. The number of alkyl carbamates (subject to hydrolysis) is 1. The van der Waals surface area contributed by atoms with Gasteiger partial charge in [0.15, 0.2) is 0 Å². The van der Waals surface area contributed by atoms with Gasteiger partial charge in [-0.05, 0) is 5.41 Å². The van der Waals surface area contributed by atoms with Gasteiger partial charge in [-0.3, -0.25) is 4.79 Å². The second kappa shape index (κ2) is 8.03. The summed E-state index contributed by atoms with van der Waals surface area (Å²) in [7, 11) is 0. The Morgan fingerprint density at radius 2 is 1.91 bits per heavy atom. The maximum absolute atomic E-state index is 11.8. The van der Waals surface area contributed by atoms with Crippen LogP contribution in [0.1, 0.15) is 34.6 Å². The monoisotopic (exact) mass is 315 g/mol. The zero-order valence-electron chi connectivity index (χ0n) is 14.2. The molecule has 7 nitrogen and oxygen atoms in total. The maximum Gasteiger partial charge on any atom is 0.407 e. The van der Waals surface area contributed by atoms with Gasteiger partial charge in [0.1, 0.15) is 5.54 Å². The minimum Gasteiger partial charge on any atom is -0.449 e. The highest BCUT2D eigenvalue weighted by atomic mass is 16.5. The van der Waals surface area contributed by atoms with Crippen LogP contribution in [0.25, 0.3) is 0 Å². The summed E-state index contributed by atoms with van der Waals surface area (Å²) in [6.07, 6.45) is -0.615. The van der Waals surface area contributed by atoms with Crippen LogP contribution in [-0.4, -0.2) is 42.4 Å². The fourth-order valence-electron chi connectivity index (χ4n) is 1.87. The van der Waals surface area contributed by atoms with E-state index in [1.165, 1.54) is 6.92 Å². The van der Waals surface area contributed by atoms with E-state index in [0.717, 1.165) is 0 Å². The van der Waals surface area contributed by atoms with Crippen LogP contribution in [0.2, 0.25) is 0 Å². The summed E-state index contributed by atoms with van der Waals surface area (Å²) in [5, 5.41) is 14.7. The van der Waals surface area contributed by atoms with Crippen LogP contribution in [0.4, 0.5) is 4.79 Å². The highest BCUT2D eigenvalue weighted by Crippen LogP contribution is 2.22. The van der Waals surface area contributed by atoms with Gasteiger partial charge < -0.3 is 26.2 Å². The molecule has 7 heteroatoms. The average Bonchev–Trinajstić information content (AvgIpc) is 2.38. The van der Waals surface area contributed by atoms with Gasteiger partial charge in [-0.25, -0.2) is 4.79 Å². The van der Waals surface area contributed by atoms with Crippen LogP contribution >= 0.6 is 0 Å². The van der Waals surface area contributed by atoms with Crippen LogP contribution < -0.4 is 16.4 Å². The van der Waals surface area contributed by atoms with Gasteiger partial charge in [0.25, 0.3) is 0 Å². The number of carbonyl (C=O) groups is 2. The predicted molar refractivity (Wildman–Crippen MR) is 84.9 cm³/mol. The van der Waals surface area contributed by atoms with Crippen LogP contribution in [-0.2, 0) is 9.53 Å². The first-order valence-corrected chi connectivity index (χ1v) is 7.19. The number of hydrogen-bond donors (Lipinski definition) is 4. The Kier molecular flexibility index (Phi) is 7.38. The lowest BCUT2D eigenvalue weighted by Crippen LogP contribution is -2.62. The molecule has 128 valence electrons. The Morgan fingerprint density at radius 1 is 1.36 bits per heavy atom. The summed E-state index contributed by atoms with van der Waals surface area (Å²) in [4.78, 5) is 23.2. The molecule has 0 radical (unpaired) electrons. The molecule has 0 heterocycles. The molecule has 22 heavy (non-hydrogen) atoms. The first kappa shape index (κ1) is 20.2. The van der Waals surface area contributed by atoms with Gasteiger partial charge in [0.2, 0.25) is 5.91 Å². The van der Waals surface area contributed by atoms with Crippen molar-refractivity contribution < 1.29 is 19.4 Å². The number of amides is 2. The topological polar surface area (TPSA) is 114 Å². The van der Waals surface area contributed by atoms with E-state index < -0.39 is 17.6 Å². The van der Waals surface area contributed by atoms with Gasteiger partial charge in [-0.1, -0.05) is 34.3 Å². The summed E-state index contributed by atoms with van der Waals surface area (Å²) in [5.41, 5.74) is 4.68. The largest absolute Gasteiger partial charge is 0.449 e. The highest BCUT2D eigenvalue weighted by molar-refractivity contribution is 5.75. The Balaban J connectivity index is 4.95. The van der Waals surface area contributed by atoms with Gasteiger partial charge >= 0.3 is 6.09 Å². The lowest BCUT2D eigenvalue weighted by atomic mass is 9.82. The van der Waals surface area contributed by atoms with Gasteiger partial charge in [-0.15, -0.1) is 0 Å². The summed E-state index contributed by atoms with van der Waals surface area (Å²) in [6.45, 7) is 12.5. The molecule has 0 rings (SSSR count). The standard InChI is InChI=1S/C15H29N3O4/c1-10(7-19)15(11(2)16,18-12(3)20)8-17-13(21)22-9-14(4,5)6/h10,19H,2,7-9,16H2,1,3-6H3,(H,17,21)(H,18,20). The molecule has 0 aromatic carbocycles. The molecule has 0 fully saturated rings. The van der Waals surface area contributed by atoms with Crippen LogP contribution in [0.3, 0.4) is 0 Å². The van der Waals surface area contributed by atoms with E-state index in [9.17, 15) is 14.7 Å². The predicted octanol–water partition coefficient (Wildman–Crippen LogP) is 0.734. The first-order valence-electron chi connectivity index (χ1n) is 7.19. The van der Waals surface area contributed by atoms with Gasteiger partial charge in [0, 0.05) is 31.7 Å². The second-order valence-corrected chi connectivity index (χ2v) is 6.75. The third kappa shape index (κ3) is 6.34. The van der Waals surface area contributed by atoms with Crippen molar-refractivity contribution in [3.63, 3.8) is 0 Å². The Labute approximate surface area is 132 Å². The molecule has 2 unspecified atom stereocenters. The molecule has 0 aliphatic carbocycles. The van der Waals surface area contributed by atoms with Crippen molar-refractivity contribution in [2.75, 3.05) is 19.8 Å². The summed E-state index contributed by atoms with van der Waals surface area (Å²) in [5.74, 6) is -0.770. The highest BCUT2D eigenvalue weighted by Gasteiger charge is 2.39. The van der Waals surface area contributed by atoms with Crippen molar-refractivity contribution in [3.8, 4) is 0 Å². The van der Waals surface area contributed by atoms with Crippen molar-refractivity contribution in [1.82, 2.24) is 10.6 Å². The van der Waals surface area contributed by atoms with E-state index in [2.05, 4.69) is 17.2 Å². The zero-order valence-corrected chi connectivity index (χ0v) is 14.2. The number of nitrogens with one attached hydrogen (secondary N) is 2. The molecule has 0 spiro atoms. The molecular weight excluding hydrogens is 286 g/mol. The fraction of sp³-hybridized carbons (Fsp3) is 0.733.